The van der Waals surface area contributed by atoms with Crippen molar-refractivity contribution in [2.45, 2.75) is 16.3 Å². The van der Waals surface area contributed by atoms with Crippen molar-refractivity contribution in [3.8, 4) is 0 Å². The molecule has 0 N–H and O–H groups in total. The Balaban J connectivity index is 1.42. The lowest BCUT2D eigenvalue weighted by Crippen LogP contribution is -2.16. The molecule has 4 aromatic rings. The lowest BCUT2D eigenvalue weighted by Gasteiger charge is -2.22. The van der Waals surface area contributed by atoms with Crippen LogP contribution in [0, 0.1) is 0 Å². The topological polar surface area (TPSA) is 49.7 Å². The van der Waals surface area contributed by atoms with Crippen molar-refractivity contribution < 1.29 is 8.42 Å². The number of aliphatic imine (C=N–C) groups is 1. The average molecular weight is 459 g/mol. The highest BCUT2D eigenvalue weighted by Crippen LogP contribution is 2.42. The molecule has 0 atom stereocenters. The fourth-order valence-corrected chi connectivity index (χ4v) is 6.03. The lowest BCUT2D eigenvalue weighted by molar-refractivity contribution is 0.596. The molecule has 0 spiro atoms. The van der Waals surface area contributed by atoms with Crippen LogP contribution in [0.3, 0.4) is 0 Å². The zero-order chi connectivity index (χ0) is 22.3. The van der Waals surface area contributed by atoms with E-state index in [4.69, 9.17) is 4.99 Å². The minimum Gasteiger partial charge on any atom is -0.370 e. The van der Waals surface area contributed by atoms with Gasteiger partial charge >= 0.3 is 0 Å². The number of rotatable bonds is 5. The summed E-state index contributed by atoms with van der Waals surface area (Å²) >= 11 is 1.67. The Morgan fingerprint density at radius 3 is 2.28 bits per heavy atom. The first-order valence-electron chi connectivity index (χ1n) is 10.3. The van der Waals surface area contributed by atoms with E-state index in [9.17, 15) is 8.42 Å². The molecule has 5 rings (SSSR count). The maximum Gasteiger partial charge on any atom is 0.206 e. The summed E-state index contributed by atoms with van der Waals surface area (Å²) in [6.45, 7) is 0.667. The highest BCUT2D eigenvalue weighted by molar-refractivity contribution is 8.13. The zero-order valence-electron chi connectivity index (χ0n) is 17.8. The molecule has 4 aromatic carbocycles. The summed E-state index contributed by atoms with van der Waals surface area (Å²) in [7, 11) is -1.44. The standard InChI is InChI=1S/C26H22N2O2S2/c1-28(24-16-15-23-25-21(24)9-6-10-22(25)26(27-23)31-2)17-18-11-13-20(14-12-18)32(29,30)19-7-4-3-5-8-19/h3-16H,17H2,1-2H3. The molecule has 1 heterocycles. The van der Waals surface area contributed by atoms with Crippen LogP contribution in [-0.4, -0.2) is 26.8 Å². The summed E-state index contributed by atoms with van der Waals surface area (Å²) in [5, 5.41) is 3.43. The predicted molar refractivity (Wildman–Crippen MR) is 134 cm³/mol. The Morgan fingerprint density at radius 2 is 1.56 bits per heavy atom. The van der Waals surface area contributed by atoms with Gasteiger partial charge in [0.05, 0.1) is 15.5 Å². The first-order chi connectivity index (χ1) is 15.5. The number of anilines is 1. The van der Waals surface area contributed by atoms with E-state index in [1.165, 1.54) is 16.3 Å². The molecular formula is C26H22N2O2S2. The largest absolute Gasteiger partial charge is 0.370 e. The smallest absolute Gasteiger partial charge is 0.206 e. The SMILES string of the molecule is CSC1=Nc2ccc(N(C)Cc3ccc(S(=O)(=O)c4ccccc4)cc3)c3cccc1c23. The van der Waals surface area contributed by atoms with Gasteiger partial charge in [-0.15, -0.1) is 11.8 Å². The van der Waals surface area contributed by atoms with E-state index in [0.29, 0.717) is 16.3 Å². The Kier molecular flexibility index (Phi) is 5.27. The highest BCUT2D eigenvalue weighted by Gasteiger charge is 2.21. The molecule has 32 heavy (non-hydrogen) atoms. The summed E-state index contributed by atoms with van der Waals surface area (Å²) in [4.78, 5) is 7.57. The molecule has 6 heteroatoms. The number of benzene rings is 4. The van der Waals surface area contributed by atoms with Crippen LogP contribution in [0.1, 0.15) is 11.1 Å². The van der Waals surface area contributed by atoms with E-state index in [1.807, 2.05) is 18.2 Å². The van der Waals surface area contributed by atoms with E-state index < -0.39 is 9.84 Å². The molecule has 0 amide bonds. The van der Waals surface area contributed by atoms with Crippen LogP contribution in [0.25, 0.3) is 10.8 Å². The third-order valence-corrected chi connectivity index (χ3v) is 8.24. The second-order valence-corrected chi connectivity index (χ2v) is 10.5. The monoisotopic (exact) mass is 458 g/mol. The second-order valence-electron chi connectivity index (χ2n) is 7.77. The van der Waals surface area contributed by atoms with Crippen LogP contribution in [0.15, 0.2) is 99.7 Å². The summed E-state index contributed by atoms with van der Waals surface area (Å²) in [5.41, 5.74) is 4.39. The molecule has 1 aliphatic heterocycles. The molecule has 0 unspecified atom stereocenters. The first kappa shape index (κ1) is 20.8. The van der Waals surface area contributed by atoms with Crippen molar-refractivity contribution >= 4 is 48.8 Å². The van der Waals surface area contributed by atoms with Gasteiger partial charge in [-0.25, -0.2) is 13.4 Å². The van der Waals surface area contributed by atoms with Gasteiger partial charge in [-0.1, -0.05) is 48.5 Å². The third kappa shape index (κ3) is 3.49. The summed E-state index contributed by atoms with van der Waals surface area (Å²) < 4.78 is 25.7. The van der Waals surface area contributed by atoms with Crippen LogP contribution in [-0.2, 0) is 16.4 Å². The minimum atomic E-state index is -3.50. The van der Waals surface area contributed by atoms with Crippen LogP contribution in [0.2, 0.25) is 0 Å². The molecule has 4 nitrogen and oxygen atoms in total. The van der Waals surface area contributed by atoms with Gasteiger partial charge in [-0.05, 0) is 48.2 Å². The molecule has 0 aromatic heterocycles. The first-order valence-corrected chi connectivity index (χ1v) is 13.0. The number of sulfone groups is 1. The van der Waals surface area contributed by atoms with Gasteiger partial charge in [0.15, 0.2) is 0 Å². The van der Waals surface area contributed by atoms with Crippen molar-refractivity contribution in [3.63, 3.8) is 0 Å². The maximum atomic E-state index is 12.8. The van der Waals surface area contributed by atoms with E-state index in [-0.39, 0.29) is 0 Å². The molecule has 0 bridgehead atoms. The van der Waals surface area contributed by atoms with E-state index in [2.05, 4.69) is 48.5 Å². The molecule has 0 radical (unpaired) electrons. The summed E-state index contributed by atoms with van der Waals surface area (Å²) in [5.74, 6) is 0. The molecular weight excluding hydrogens is 436 g/mol. The fourth-order valence-electron chi connectivity index (χ4n) is 4.17. The Bertz CT molecular complexity index is 1440. The zero-order valence-corrected chi connectivity index (χ0v) is 19.5. The van der Waals surface area contributed by atoms with E-state index in [0.717, 1.165) is 22.0 Å². The Morgan fingerprint density at radius 1 is 0.844 bits per heavy atom. The molecule has 0 saturated carbocycles. The predicted octanol–water partition coefficient (Wildman–Crippen LogP) is 6.06. The highest BCUT2D eigenvalue weighted by atomic mass is 32.2. The van der Waals surface area contributed by atoms with Crippen molar-refractivity contribution in [2.75, 3.05) is 18.2 Å². The van der Waals surface area contributed by atoms with Gasteiger partial charge < -0.3 is 4.90 Å². The maximum absolute atomic E-state index is 12.8. The van der Waals surface area contributed by atoms with Crippen LogP contribution >= 0.6 is 11.8 Å². The van der Waals surface area contributed by atoms with Gasteiger partial charge in [0.1, 0.15) is 5.04 Å². The van der Waals surface area contributed by atoms with E-state index >= 15 is 0 Å². The lowest BCUT2D eigenvalue weighted by atomic mass is 10.0. The minimum absolute atomic E-state index is 0.308. The second kappa shape index (κ2) is 8.11. The number of hydrogen-bond donors (Lipinski definition) is 0. The molecule has 160 valence electrons. The van der Waals surface area contributed by atoms with Crippen LogP contribution < -0.4 is 4.90 Å². The summed E-state index contributed by atoms with van der Waals surface area (Å²) in [6.07, 6.45) is 2.05. The van der Waals surface area contributed by atoms with Crippen molar-refractivity contribution in [3.05, 3.63) is 96.1 Å². The van der Waals surface area contributed by atoms with Gasteiger partial charge in [0, 0.05) is 35.6 Å². The van der Waals surface area contributed by atoms with Crippen molar-refractivity contribution in [1.82, 2.24) is 0 Å². The average Bonchev–Trinajstić information content (AvgIpc) is 3.20. The van der Waals surface area contributed by atoms with Gasteiger partial charge in [-0.3, -0.25) is 0 Å². The third-order valence-electron chi connectivity index (χ3n) is 5.76. The van der Waals surface area contributed by atoms with Crippen molar-refractivity contribution in [1.29, 1.82) is 0 Å². The fraction of sp³-hybridized carbons (Fsp3) is 0.115. The summed E-state index contributed by atoms with van der Waals surface area (Å²) in [6, 6.07) is 26.2. The van der Waals surface area contributed by atoms with E-state index in [1.54, 1.807) is 48.2 Å². The molecule has 1 aliphatic rings. The number of hydrogen-bond acceptors (Lipinski definition) is 5. The Hall–Kier alpha value is -3.09. The van der Waals surface area contributed by atoms with Crippen LogP contribution in [0.5, 0.6) is 0 Å². The normalized spacial score (nSPS) is 12.8. The van der Waals surface area contributed by atoms with Crippen molar-refractivity contribution in [2.24, 2.45) is 4.99 Å². The number of nitrogens with zero attached hydrogens (tertiary/aromatic N) is 2. The van der Waals surface area contributed by atoms with Gasteiger partial charge in [0.25, 0.3) is 0 Å². The Labute approximate surface area is 192 Å². The quantitative estimate of drug-likeness (QED) is 0.365. The van der Waals surface area contributed by atoms with Crippen LogP contribution in [0.4, 0.5) is 11.4 Å². The molecule has 0 aliphatic carbocycles. The molecule has 0 fully saturated rings. The molecule has 0 saturated heterocycles. The van der Waals surface area contributed by atoms with Gasteiger partial charge in [0.2, 0.25) is 9.84 Å². The van der Waals surface area contributed by atoms with Gasteiger partial charge in [-0.2, -0.15) is 0 Å². The number of thioether (sulfide) groups is 1.